The highest BCUT2D eigenvalue weighted by atomic mass is 19.3. The number of nitrogens with two attached hydrogens (primary N) is 1. The Morgan fingerprint density at radius 2 is 2.14 bits per heavy atom. The minimum atomic E-state index is -2.55. The van der Waals surface area contributed by atoms with E-state index in [1.165, 1.54) is 0 Å². The van der Waals surface area contributed by atoms with Crippen LogP contribution in [0.4, 0.5) is 8.78 Å². The molecule has 1 rings (SSSR count). The Morgan fingerprint density at radius 1 is 1.43 bits per heavy atom. The maximum atomic E-state index is 12.3. The standard InChI is InChI=1S/C10H13F2NO/c1-2-14-8-5-3-4-7(6-8)9(13)10(11)12/h3-6,9-10H,2,13H2,1H3/t9-/m0/s1. The molecule has 1 aromatic carbocycles. The first-order valence-corrected chi connectivity index (χ1v) is 4.41. The SMILES string of the molecule is CCOc1cccc([C@H](N)C(F)F)c1. The molecule has 0 bridgehead atoms. The van der Waals surface area contributed by atoms with Crippen LogP contribution in [-0.4, -0.2) is 13.0 Å². The lowest BCUT2D eigenvalue weighted by Gasteiger charge is -2.12. The molecule has 2 N–H and O–H groups in total. The molecular weight excluding hydrogens is 188 g/mol. The van der Waals surface area contributed by atoms with Gasteiger partial charge >= 0.3 is 0 Å². The molecule has 2 nitrogen and oxygen atoms in total. The highest BCUT2D eigenvalue weighted by Crippen LogP contribution is 2.21. The zero-order valence-corrected chi connectivity index (χ0v) is 7.91. The van der Waals surface area contributed by atoms with Crippen molar-refractivity contribution >= 4 is 0 Å². The van der Waals surface area contributed by atoms with Crippen molar-refractivity contribution < 1.29 is 13.5 Å². The molecule has 0 unspecified atom stereocenters. The van der Waals surface area contributed by atoms with Gasteiger partial charge in [0.05, 0.1) is 12.6 Å². The van der Waals surface area contributed by atoms with Gasteiger partial charge in [0, 0.05) is 0 Å². The van der Waals surface area contributed by atoms with E-state index in [9.17, 15) is 8.78 Å². The van der Waals surface area contributed by atoms with Gasteiger partial charge in [0.1, 0.15) is 5.75 Å². The van der Waals surface area contributed by atoms with Gasteiger partial charge in [-0.1, -0.05) is 12.1 Å². The first kappa shape index (κ1) is 10.9. The second-order valence-electron chi connectivity index (χ2n) is 2.87. The van der Waals surface area contributed by atoms with Gasteiger partial charge in [-0.2, -0.15) is 0 Å². The van der Waals surface area contributed by atoms with Gasteiger partial charge < -0.3 is 10.5 Å². The van der Waals surface area contributed by atoms with E-state index in [2.05, 4.69) is 0 Å². The molecule has 1 atom stereocenters. The molecule has 0 amide bonds. The van der Waals surface area contributed by atoms with Gasteiger partial charge in [-0.3, -0.25) is 0 Å². The molecule has 0 spiro atoms. The minimum absolute atomic E-state index is 0.394. The van der Waals surface area contributed by atoms with E-state index in [1.54, 1.807) is 24.3 Å². The van der Waals surface area contributed by atoms with Crippen molar-refractivity contribution in [1.29, 1.82) is 0 Å². The molecule has 14 heavy (non-hydrogen) atoms. The number of rotatable bonds is 4. The van der Waals surface area contributed by atoms with Gasteiger partial charge in [-0.05, 0) is 24.6 Å². The monoisotopic (exact) mass is 201 g/mol. The maximum absolute atomic E-state index is 12.3. The Labute approximate surface area is 81.7 Å². The first-order valence-electron chi connectivity index (χ1n) is 4.41. The van der Waals surface area contributed by atoms with Crippen LogP contribution in [0.3, 0.4) is 0 Å². The van der Waals surface area contributed by atoms with Crippen molar-refractivity contribution in [3.8, 4) is 5.75 Å². The minimum Gasteiger partial charge on any atom is -0.494 e. The summed E-state index contributed by atoms with van der Waals surface area (Å²) in [6, 6.07) is 5.24. The maximum Gasteiger partial charge on any atom is 0.257 e. The molecule has 0 saturated carbocycles. The van der Waals surface area contributed by atoms with E-state index in [1.807, 2.05) is 6.92 Å². The first-order chi connectivity index (χ1) is 6.65. The van der Waals surface area contributed by atoms with E-state index in [4.69, 9.17) is 10.5 Å². The topological polar surface area (TPSA) is 35.2 Å². The van der Waals surface area contributed by atoms with Crippen LogP contribution in [0.2, 0.25) is 0 Å². The molecular formula is C10H13F2NO. The molecule has 78 valence electrons. The van der Waals surface area contributed by atoms with Crippen molar-refractivity contribution in [3.63, 3.8) is 0 Å². The Morgan fingerprint density at radius 3 is 2.71 bits per heavy atom. The van der Waals surface area contributed by atoms with Crippen LogP contribution in [0, 0.1) is 0 Å². The number of ether oxygens (including phenoxy) is 1. The van der Waals surface area contributed by atoms with Crippen molar-refractivity contribution in [2.24, 2.45) is 5.73 Å². The lowest BCUT2D eigenvalue weighted by atomic mass is 10.1. The summed E-state index contributed by atoms with van der Waals surface area (Å²) in [6.07, 6.45) is -2.55. The van der Waals surface area contributed by atoms with Crippen molar-refractivity contribution in [2.75, 3.05) is 6.61 Å². The summed E-state index contributed by atoms with van der Waals surface area (Å²) in [4.78, 5) is 0. The fourth-order valence-corrected chi connectivity index (χ4v) is 1.12. The highest BCUT2D eigenvalue weighted by Gasteiger charge is 2.17. The number of halogens is 2. The van der Waals surface area contributed by atoms with E-state index in [-0.39, 0.29) is 0 Å². The number of hydrogen-bond acceptors (Lipinski definition) is 2. The third-order valence-electron chi connectivity index (χ3n) is 1.83. The molecule has 0 aliphatic heterocycles. The molecule has 0 saturated heterocycles. The molecule has 1 aromatic rings. The molecule has 4 heteroatoms. The fraction of sp³-hybridized carbons (Fsp3) is 0.400. The van der Waals surface area contributed by atoms with Crippen LogP contribution in [0.15, 0.2) is 24.3 Å². The van der Waals surface area contributed by atoms with Gasteiger partial charge in [0.15, 0.2) is 0 Å². The molecule has 0 aliphatic rings. The smallest absolute Gasteiger partial charge is 0.257 e. The largest absolute Gasteiger partial charge is 0.494 e. The molecule has 0 aromatic heterocycles. The number of alkyl halides is 2. The van der Waals surface area contributed by atoms with Crippen molar-refractivity contribution in [3.05, 3.63) is 29.8 Å². The van der Waals surface area contributed by atoms with E-state index in [0.717, 1.165) is 0 Å². The normalized spacial score (nSPS) is 12.9. The summed E-state index contributed by atoms with van der Waals surface area (Å²) in [6.45, 7) is 2.34. The van der Waals surface area contributed by atoms with Gasteiger partial charge in [0.2, 0.25) is 0 Å². The molecule has 0 radical (unpaired) electrons. The predicted octanol–water partition coefficient (Wildman–Crippen LogP) is 2.35. The average Bonchev–Trinajstić information content (AvgIpc) is 2.17. The van der Waals surface area contributed by atoms with Crippen molar-refractivity contribution in [2.45, 2.75) is 19.4 Å². The lowest BCUT2D eigenvalue weighted by Crippen LogP contribution is -2.18. The molecule has 0 aliphatic carbocycles. The third-order valence-corrected chi connectivity index (χ3v) is 1.83. The van der Waals surface area contributed by atoms with Crippen LogP contribution < -0.4 is 10.5 Å². The van der Waals surface area contributed by atoms with Gasteiger partial charge in [-0.25, -0.2) is 8.78 Å². The summed E-state index contributed by atoms with van der Waals surface area (Å²) in [5.74, 6) is 0.570. The second-order valence-corrected chi connectivity index (χ2v) is 2.87. The van der Waals surface area contributed by atoms with E-state index < -0.39 is 12.5 Å². The Bertz CT molecular complexity index is 291. The predicted molar refractivity (Wildman–Crippen MR) is 50.5 cm³/mol. The summed E-state index contributed by atoms with van der Waals surface area (Å²) >= 11 is 0. The molecule has 0 heterocycles. The van der Waals surface area contributed by atoms with Crippen LogP contribution in [-0.2, 0) is 0 Å². The Balaban J connectivity index is 2.82. The summed E-state index contributed by atoms with van der Waals surface area (Å²) < 4.78 is 29.7. The number of hydrogen-bond donors (Lipinski definition) is 1. The third kappa shape index (κ3) is 2.67. The van der Waals surface area contributed by atoms with Crippen LogP contribution in [0.25, 0.3) is 0 Å². The highest BCUT2D eigenvalue weighted by molar-refractivity contribution is 5.30. The van der Waals surface area contributed by atoms with E-state index in [0.29, 0.717) is 17.9 Å². The molecule has 0 fully saturated rings. The summed E-state index contributed by atoms with van der Waals surface area (Å²) in [5, 5.41) is 0. The van der Waals surface area contributed by atoms with Crippen LogP contribution >= 0.6 is 0 Å². The van der Waals surface area contributed by atoms with Crippen LogP contribution in [0.5, 0.6) is 5.75 Å². The number of benzene rings is 1. The van der Waals surface area contributed by atoms with Crippen LogP contribution in [0.1, 0.15) is 18.5 Å². The summed E-state index contributed by atoms with van der Waals surface area (Å²) in [7, 11) is 0. The van der Waals surface area contributed by atoms with Gasteiger partial charge in [0.25, 0.3) is 6.43 Å². The Hall–Kier alpha value is -1.16. The Kier molecular flexibility index (Phi) is 3.83. The lowest BCUT2D eigenvalue weighted by molar-refractivity contribution is 0.116. The average molecular weight is 201 g/mol. The second kappa shape index (κ2) is 4.91. The van der Waals surface area contributed by atoms with Crippen molar-refractivity contribution in [1.82, 2.24) is 0 Å². The fourth-order valence-electron chi connectivity index (χ4n) is 1.12. The zero-order chi connectivity index (χ0) is 10.6. The summed E-state index contributed by atoms with van der Waals surface area (Å²) in [5.41, 5.74) is 5.69. The van der Waals surface area contributed by atoms with Gasteiger partial charge in [-0.15, -0.1) is 0 Å². The zero-order valence-electron chi connectivity index (χ0n) is 7.91. The van der Waals surface area contributed by atoms with E-state index >= 15 is 0 Å². The quantitative estimate of drug-likeness (QED) is 0.811.